The van der Waals surface area contributed by atoms with Gasteiger partial charge < -0.3 is 9.64 Å². The zero-order valence-electron chi connectivity index (χ0n) is 13.5. The highest BCUT2D eigenvalue weighted by Gasteiger charge is 2.16. The Morgan fingerprint density at radius 2 is 1.52 bits per heavy atom. The van der Waals surface area contributed by atoms with Crippen molar-refractivity contribution in [2.24, 2.45) is 0 Å². The zero-order valence-corrected chi connectivity index (χ0v) is 15.0. The molecule has 3 heteroatoms. The first-order valence-corrected chi connectivity index (χ1v) is 9.26. The van der Waals surface area contributed by atoms with E-state index in [1.807, 2.05) is 0 Å². The average molecular weight is 374 g/mol. The zero-order chi connectivity index (χ0) is 15.9. The van der Waals surface area contributed by atoms with E-state index in [0.29, 0.717) is 0 Å². The first-order chi connectivity index (χ1) is 11.3. The first-order valence-electron chi connectivity index (χ1n) is 8.47. The molecule has 1 unspecified atom stereocenters. The summed E-state index contributed by atoms with van der Waals surface area (Å²) in [5.41, 5.74) is 2.42. The molecule has 0 spiro atoms. The molecule has 1 atom stereocenters. The third kappa shape index (κ3) is 4.90. The molecule has 3 rings (SSSR count). The van der Waals surface area contributed by atoms with Crippen molar-refractivity contribution in [3.8, 4) is 0 Å². The summed E-state index contributed by atoms with van der Waals surface area (Å²) in [5, 5.41) is 0. The molecule has 0 amide bonds. The lowest BCUT2D eigenvalue weighted by Gasteiger charge is -2.27. The Hall–Kier alpha value is -1.16. The number of hydrogen-bond donors (Lipinski definition) is 0. The van der Waals surface area contributed by atoms with Gasteiger partial charge in [0, 0.05) is 11.0 Å². The van der Waals surface area contributed by atoms with Gasteiger partial charge in [-0.25, -0.2) is 0 Å². The normalized spacial score (nSPS) is 17.1. The fourth-order valence-corrected chi connectivity index (χ4v) is 3.40. The van der Waals surface area contributed by atoms with Crippen LogP contribution >= 0.6 is 15.9 Å². The van der Waals surface area contributed by atoms with Crippen LogP contribution in [0.4, 0.5) is 0 Å². The molecule has 1 fully saturated rings. The van der Waals surface area contributed by atoms with Gasteiger partial charge in [0.15, 0.2) is 0 Å². The number of halogens is 1. The molecule has 0 radical (unpaired) electrons. The monoisotopic (exact) mass is 373 g/mol. The maximum atomic E-state index is 6.30. The molecule has 1 aliphatic rings. The summed E-state index contributed by atoms with van der Waals surface area (Å²) >= 11 is 3.51. The summed E-state index contributed by atoms with van der Waals surface area (Å²) in [6.45, 7) is 4.24. The fraction of sp³-hybridized carbons (Fsp3) is 0.400. The van der Waals surface area contributed by atoms with E-state index in [9.17, 15) is 0 Å². The number of piperidine rings is 1. The van der Waals surface area contributed by atoms with Gasteiger partial charge in [-0.15, -0.1) is 0 Å². The van der Waals surface area contributed by atoms with E-state index in [0.717, 1.165) is 17.6 Å². The van der Waals surface area contributed by atoms with Crippen LogP contribution < -0.4 is 0 Å². The van der Waals surface area contributed by atoms with E-state index in [4.69, 9.17) is 4.74 Å². The second-order valence-electron chi connectivity index (χ2n) is 6.12. The van der Waals surface area contributed by atoms with Crippen molar-refractivity contribution in [2.75, 3.05) is 26.2 Å². The molecule has 0 saturated carbocycles. The molecule has 23 heavy (non-hydrogen) atoms. The summed E-state index contributed by atoms with van der Waals surface area (Å²) in [7, 11) is 0. The van der Waals surface area contributed by atoms with E-state index in [-0.39, 0.29) is 6.10 Å². The number of rotatable bonds is 6. The Balaban J connectivity index is 1.66. The number of nitrogens with zero attached hydrogens (tertiary/aromatic N) is 1. The molecular formula is C20H24BrNO. The molecule has 1 saturated heterocycles. The fourth-order valence-electron chi connectivity index (χ4n) is 3.13. The van der Waals surface area contributed by atoms with E-state index < -0.39 is 0 Å². The third-order valence-electron chi connectivity index (χ3n) is 4.42. The van der Waals surface area contributed by atoms with Gasteiger partial charge in [-0.05, 0) is 49.2 Å². The second kappa shape index (κ2) is 8.62. The van der Waals surface area contributed by atoms with E-state index in [1.54, 1.807) is 0 Å². The molecule has 0 aromatic heterocycles. The number of likely N-dealkylation sites (tertiary alicyclic amines) is 1. The molecule has 1 heterocycles. The minimum Gasteiger partial charge on any atom is -0.367 e. The van der Waals surface area contributed by atoms with Crippen molar-refractivity contribution in [1.29, 1.82) is 0 Å². The van der Waals surface area contributed by atoms with Crippen LogP contribution in [0.25, 0.3) is 0 Å². The Labute approximate surface area is 147 Å². The quantitative estimate of drug-likeness (QED) is 0.702. The van der Waals surface area contributed by atoms with E-state index in [2.05, 4.69) is 75.4 Å². The minimum absolute atomic E-state index is 0.00842. The van der Waals surface area contributed by atoms with Gasteiger partial charge in [-0.3, -0.25) is 0 Å². The SMILES string of the molecule is Brc1ccc(C(OCCN2CCCCC2)c2ccccc2)cc1. The highest BCUT2D eigenvalue weighted by molar-refractivity contribution is 9.10. The summed E-state index contributed by atoms with van der Waals surface area (Å²) in [5.74, 6) is 0. The molecule has 2 aromatic rings. The van der Waals surface area contributed by atoms with Crippen molar-refractivity contribution in [3.63, 3.8) is 0 Å². The largest absolute Gasteiger partial charge is 0.367 e. The third-order valence-corrected chi connectivity index (χ3v) is 4.94. The predicted molar refractivity (Wildman–Crippen MR) is 98.7 cm³/mol. The van der Waals surface area contributed by atoms with Crippen molar-refractivity contribution in [1.82, 2.24) is 4.90 Å². The van der Waals surface area contributed by atoms with Crippen LogP contribution in [-0.2, 0) is 4.74 Å². The van der Waals surface area contributed by atoms with Crippen LogP contribution in [0.1, 0.15) is 36.5 Å². The number of benzene rings is 2. The van der Waals surface area contributed by atoms with Gasteiger partial charge in [0.25, 0.3) is 0 Å². The Morgan fingerprint density at radius 1 is 0.870 bits per heavy atom. The van der Waals surface area contributed by atoms with Crippen LogP contribution in [-0.4, -0.2) is 31.1 Å². The van der Waals surface area contributed by atoms with Crippen LogP contribution in [0.15, 0.2) is 59.1 Å². The first kappa shape index (κ1) is 16.7. The highest BCUT2D eigenvalue weighted by atomic mass is 79.9. The van der Waals surface area contributed by atoms with Crippen LogP contribution in [0.5, 0.6) is 0 Å². The van der Waals surface area contributed by atoms with Gasteiger partial charge in [-0.2, -0.15) is 0 Å². The summed E-state index contributed by atoms with van der Waals surface area (Å²) in [6, 6.07) is 18.9. The standard InChI is InChI=1S/C20H24BrNO/c21-19-11-9-18(10-12-19)20(17-7-3-1-4-8-17)23-16-15-22-13-5-2-6-14-22/h1,3-4,7-12,20H,2,5-6,13-16H2. The lowest BCUT2D eigenvalue weighted by atomic mass is 10.0. The molecule has 0 N–H and O–H groups in total. The van der Waals surface area contributed by atoms with E-state index in [1.165, 1.54) is 43.5 Å². The number of ether oxygens (including phenoxy) is 1. The molecule has 1 aliphatic heterocycles. The van der Waals surface area contributed by atoms with Gasteiger partial charge in [0.2, 0.25) is 0 Å². The Bertz CT molecular complexity index is 578. The lowest BCUT2D eigenvalue weighted by Crippen LogP contribution is -2.33. The van der Waals surface area contributed by atoms with Crippen molar-refractivity contribution >= 4 is 15.9 Å². The Morgan fingerprint density at radius 3 is 2.22 bits per heavy atom. The lowest BCUT2D eigenvalue weighted by molar-refractivity contribution is 0.0557. The molecule has 122 valence electrons. The molecule has 0 bridgehead atoms. The highest BCUT2D eigenvalue weighted by Crippen LogP contribution is 2.27. The van der Waals surface area contributed by atoms with Crippen LogP contribution in [0.2, 0.25) is 0 Å². The average Bonchev–Trinajstić information content (AvgIpc) is 2.61. The van der Waals surface area contributed by atoms with Gasteiger partial charge in [0.05, 0.1) is 6.61 Å². The van der Waals surface area contributed by atoms with Crippen molar-refractivity contribution < 1.29 is 4.74 Å². The summed E-state index contributed by atoms with van der Waals surface area (Å²) < 4.78 is 7.40. The smallest absolute Gasteiger partial charge is 0.108 e. The van der Waals surface area contributed by atoms with Gasteiger partial charge in [-0.1, -0.05) is 64.8 Å². The maximum absolute atomic E-state index is 6.30. The summed E-state index contributed by atoms with van der Waals surface area (Å²) in [6.07, 6.45) is 4.04. The van der Waals surface area contributed by atoms with E-state index >= 15 is 0 Å². The Kier molecular flexibility index (Phi) is 6.26. The number of hydrogen-bond acceptors (Lipinski definition) is 2. The topological polar surface area (TPSA) is 12.5 Å². The van der Waals surface area contributed by atoms with Crippen molar-refractivity contribution in [2.45, 2.75) is 25.4 Å². The maximum Gasteiger partial charge on any atom is 0.108 e. The van der Waals surface area contributed by atoms with Crippen LogP contribution in [0, 0.1) is 0 Å². The van der Waals surface area contributed by atoms with Crippen molar-refractivity contribution in [3.05, 3.63) is 70.2 Å². The minimum atomic E-state index is 0.00842. The molecule has 2 nitrogen and oxygen atoms in total. The molecule has 0 aliphatic carbocycles. The molecule has 2 aromatic carbocycles. The second-order valence-corrected chi connectivity index (χ2v) is 7.03. The predicted octanol–water partition coefficient (Wildman–Crippen LogP) is 5.04. The summed E-state index contributed by atoms with van der Waals surface area (Å²) in [4.78, 5) is 2.52. The molecular weight excluding hydrogens is 350 g/mol. The van der Waals surface area contributed by atoms with Gasteiger partial charge >= 0.3 is 0 Å². The van der Waals surface area contributed by atoms with Gasteiger partial charge in [0.1, 0.15) is 6.10 Å². The van der Waals surface area contributed by atoms with Crippen LogP contribution in [0.3, 0.4) is 0 Å².